The summed E-state index contributed by atoms with van der Waals surface area (Å²) in [6.45, 7) is -0.0854. The van der Waals surface area contributed by atoms with E-state index in [-0.39, 0.29) is 119 Å². The maximum absolute atomic E-state index is 12.5. The van der Waals surface area contributed by atoms with Gasteiger partial charge in [-0.25, -0.2) is 23.8 Å². The van der Waals surface area contributed by atoms with Crippen LogP contribution in [-0.2, 0) is 55.5 Å². The molecular weight excluding hydrogens is 873 g/mol. The first kappa shape index (κ1) is 54.0. The van der Waals surface area contributed by atoms with E-state index in [0.717, 1.165) is 29.0 Å². The van der Waals surface area contributed by atoms with Gasteiger partial charge in [-0.1, -0.05) is 25.6 Å². The van der Waals surface area contributed by atoms with Crippen LogP contribution in [-0.4, -0.2) is 124 Å². The van der Waals surface area contributed by atoms with Gasteiger partial charge in [0.2, 0.25) is 11.8 Å². The molecule has 0 aromatic carbocycles. The van der Waals surface area contributed by atoms with Crippen LogP contribution < -0.4 is 85.3 Å². The van der Waals surface area contributed by atoms with Crippen LogP contribution >= 0.6 is 35.2 Å². The van der Waals surface area contributed by atoms with Gasteiger partial charge in [0.1, 0.15) is 36.3 Å². The second-order valence-corrected chi connectivity index (χ2v) is 17.4. The summed E-state index contributed by atoms with van der Waals surface area (Å²) in [5.41, 5.74) is 4.09. The number of phosphoric ester groups is 3. The Labute approximate surface area is 371 Å². The molecule has 2 unspecified atom stereocenters. The molecule has 3 rings (SSSR count). The number of carboxylic acids is 1. The number of rotatable bonds is 22. The van der Waals surface area contributed by atoms with Crippen molar-refractivity contribution in [2.24, 2.45) is 5.41 Å². The average molecular weight is 912 g/mol. The van der Waals surface area contributed by atoms with Gasteiger partial charge in [0.15, 0.2) is 22.8 Å². The summed E-state index contributed by atoms with van der Waals surface area (Å²) in [6, 6.07) is 0. The molecule has 0 bridgehead atoms. The predicted octanol–water partition coefficient (Wildman–Crippen LogP) is -8.73. The van der Waals surface area contributed by atoms with Crippen molar-refractivity contribution in [3.63, 3.8) is 0 Å². The molecule has 2 amide bonds. The molecule has 32 heteroatoms. The molecule has 1 aliphatic rings. The van der Waals surface area contributed by atoms with Crippen molar-refractivity contribution < 1.29 is 149 Å². The van der Waals surface area contributed by atoms with Gasteiger partial charge in [0, 0.05) is 37.1 Å². The van der Waals surface area contributed by atoms with Gasteiger partial charge in [-0.2, -0.15) is 0 Å². The van der Waals surface area contributed by atoms with Gasteiger partial charge in [-0.3, -0.25) is 37.4 Å². The number of hydrogen-bond acceptors (Lipinski definition) is 21. The number of phosphoric acid groups is 3. The Morgan fingerprint density at radius 3 is 2.32 bits per heavy atom. The van der Waals surface area contributed by atoms with Crippen molar-refractivity contribution in [2.75, 3.05) is 37.8 Å². The first-order chi connectivity index (χ1) is 25.4. The maximum atomic E-state index is 12.5. The molecule has 0 saturated carbocycles. The maximum Gasteiger partial charge on any atom is 1.00 e. The number of aliphatic hydroxyl groups is 2. The molecule has 2 aromatic rings. The van der Waals surface area contributed by atoms with E-state index in [1.807, 2.05) is 0 Å². The van der Waals surface area contributed by atoms with E-state index in [2.05, 4.69) is 43.5 Å². The fourth-order valence-electron chi connectivity index (χ4n) is 4.56. The number of amides is 2. The van der Waals surface area contributed by atoms with Gasteiger partial charge in [0.05, 0.1) is 26.0 Å². The van der Waals surface area contributed by atoms with E-state index in [0.29, 0.717) is 0 Å². The zero-order valence-electron chi connectivity index (χ0n) is 30.8. The summed E-state index contributed by atoms with van der Waals surface area (Å²) in [6.07, 6.45) is -7.83. The van der Waals surface area contributed by atoms with E-state index in [4.69, 9.17) is 15.6 Å². The van der Waals surface area contributed by atoms with Crippen molar-refractivity contribution in [1.82, 2.24) is 30.2 Å². The SMILES string of the molecule is CC(C)(COP(=O)([O-])OP(=O)([O-])OC[C@H]1O[C@@H](n2cnc3c(N)ncnc32)[C@H](O)[C@@H]1OP(=O)(O)O)[C@@H](O)C(=O)NCCC(=O)NCCSC(=O)CCC(=O)O.[Na+].[Na+]. The Balaban J connectivity index is 0.00000812. The molecule has 1 saturated heterocycles. The summed E-state index contributed by atoms with van der Waals surface area (Å²) in [7, 11) is -17.1. The Kier molecular flexibility index (Phi) is 22.1. The van der Waals surface area contributed by atoms with Gasteiger partial charge in [0.25, 0.3) is 15.6 Å². The average Bonchev–Trinajstić information content (AvgIpc) is 3.63. The molecule has 0 aliphatic carbocycles. The number of carbonyl (C=O) groups is 4. The number of ether oxygens (including phenoxy) is 1. The molecule has 1 aliphatic heterocycles. The van der Waals surface area contributed by atoms with Crippen LogP contribution in [0.15, 0.2) is 12.7 Å². The number of carbonyl (C=O) groups excluding carboxylic acids is 3. The molecule has 9 N–H and O–H groups in total. The summed E-state index contributed by atoms with van der Waals surface area (Å²) < 4.78 is 60.9. The fourth-order valence-corrected chi connectivity index (χ4v) is 8.00. The number of nitrogens with two attached hydrogens (primary N) is 1. The van der Waals surface area contributed by atoms with Gasteiger partial charge >= 0.3 is 72.9 Å². The van der Waals surface area contributed by atoms with Crippen LogP contribution in [0, 0.1) is 5.41 Å². The molecule has 1 fully saturated rings. The molecule has 26 nitrogen and oxygen atoms in total. The normalized spacial score (nSPS) is 21.0. The quantitative estimate of drug-likeness (QED) is 0.0309. The van der Waals surface area contributed by atoms with E-state index < -0.39 is 90.5 Å². The molecular formula is C25H38N7Na2O19P3S. The number of aliphatic hydroxyl groups excluding tert-OH is 2. The number of imidazole rings is 1. The van der Waals surface area contributed by atoms with Crippen molar-refractivity contribution in [3.8, 4) is 0 Å². The van der Waals surface area contributed by atoms with Gasteiger partial charge < -0.3 is 65.0 Å². The third-order valence-corrected chi connectivity index (χ3v) is 11.3. The van der Waals surface area contributed by atoms with Crippen molar-refractivity contribution >= 4 is 75.1 Å². The van der Waals surface area contributed by atoms with Crippen molar-refractivity contribution in [1.29, 1.82) is 0 Å². The molecule has 0 radical (unpaired) electrons. The zero-order valence-corrected chi connectivity index (χ0v) is 38.3. The largest absolute Gasteiger partial charge is 1.00 e. The Hall–Kier alpha value is -0.970. The van der Waals surface area contributed by atoms with Crippen molar-refractivity contribution in [3.05, 3.63) is 12.7 Å². The molecule has 0 spiro atoms. The van der Waals surface area contributed by atoms with Crippen molar-refractivity contribution in [2.45, 2.75) is 63.8 Å². The van der Waals surface area contributed by atoms with Crippen LogP contribution in [0.5, 0.6) is 0 Å². The minimum atomic E-state index is -5.90. The number of anilines is 1. The van der Waals surface area contributed by atoms with Gasteiger partial charge in [-0.05, 0) is 0 Å². The number of nitrogen functional groups attached to an aromatic ring is 1. The first-order valence-corrected chi connectivity index (χ1v) is 21.1. The number of thioether (sulfide) groups is 1. The minimum Gasteiger partial charge on any atom is -0.756 e. The van der Waals surface area contributed by atoms with E-state index >= 15 is 0 Å². The molecule has 310 valence electrons. The molecule has 7 atom stereocenters. The number of hydrogen-bond donors (Lipinski definition) is 8. The van der Waals surface area contributed by atoms with E-state index in [1.54, 1.807) is 0 Å². The number of carboxylic acid groups (broad SMARTS) is 1. The second kappa shape index (κ2) is 23.3. The summed E-state index contributed by atoms with van der Waals surface area (Å²) in [5, 5.41) is 34.3. The van der Waals surface area contributed by atoms with Crippen LogP contribution in [0.1, 0.15) is 39.3 Å². The Morgan fingerprint density at radius 1 is 1.04 bits per heavy atom. The van der Waals surface area contributed by atoms with E-state index in [9.17, 15) is 62.7 Å². The standard InChI is InChI=1S/C25H40N7O19P3S.2Na/c1-25(2,20(38)23(39)28-6-5-14(33)27-7-8-55-16(36)4-3-15(34)35)10-48-54(45,46)51-53(43,44)47-9-13-19(50-52(40,41)42)18(37)24(49-13)32-12-31-17-21(26)29-11-30-22(17)32;;/h11-13,18-20,24,37-38H,3-10H2,1-2H3,(H,27,33)(H,28,39)(H,34,35)(H,43,44)(H,45,46)(H2,26,29,30)(H2,40,41,42);;/q;2*+1/p-2/t13-,18-,19-,20+,24-;;/m1../s1. The third-order valence-electron chi connectivity index (χ3n) is 7.29. The number of fused-ring (bicyclic) bond motifs is 1. The number of aliphatic carboxylic acids is 1. The monoisotopic (exact) mass is 911 g/mol. The Bertz CT molecular complexity index is 1860. The molecule has 3 heterocycles. The second-order valence-electron chi connectivity index (χ2n) is 12.1. The zero-order chi connectivity index (χ0) is 41.4. The van der Waals surface area contributed by atoms with Crippen LogP contribution in [0.4, 0.5) is 5.82 Å². The number of aromatic nitrogens is 4. The third kappa shape index (κ3) is 17.5. The fraction of sp³-hybridized carbons (Fsp3) is 0.640. The van der Waals surface area contributed by atoms with Crippen LogP contribution in [0.2, 0.25) is 0 Å². The van der Waals surface area contributed by atoms with E-state index in [1.165, 1.54) is 13.8 Å². The predicted molar refractivity (Wildman–Crippen MR) is 180 cm³/mol. The molecule has 2 aromatic heterocycles. The minimum absolute atomic E-state index is 0. The van der Waals surface area contributed by atoms with Crippen LogP contribution in [0.25, 0.3) is 11.2 Å². The molecule has 57 heavy (non-hydrogen) atoms. The van der Waals surface area contributed by atoms with Crippen LogP contribution in [0.3, 0.4) is 0 Å². The summed E-state index contributed by atoms with van der Waals surface area (Å²) in [5.74, 6) is -2.59. The Morgan fingerprint density at radius 2 is 1.68 bits per heavy atom. The first-order valence-electron chi connectivity index (χ1n) is 15.6. The number of nitrogens with zero attached hydrogens (tertiary/aromatic N) is 4. The smallest absolute Gasteiger partial charge is 0.756 e. The summed E-state index contributed by atoms with van der Waals surface area (Å²) in [4.78, 5) is 102. The number of nitrogens with one attached hydrogen (secondary N) is 2. The topological polar surface area (TPSA) is 407 Å². The van der Waals surface area contributed by atoms with Gasteiger partial charge in [-0.15, -0.1) is 0 Å². The summed E-state index contributed by atoms with van der Waals surface area (Å²) >= 11 is 0.841.